The SMILES string of the molecule is Fc1ccc(-n2cnc(Nc3nc(Cl)nn4cccc34)c2)cc1. The van der Waals surface area contributed by atoms with Crippen molar-refractivity contribution in [1.29, 1.82) is 0 Å². The monoisotopic (exact) mass is 328 g/mol. The highest BCUT2D eigenvalue weighted by molar-refractivity contribution is 6.28. The Bertz CT molecular complexity index is 975. The molecule has 0 aliphatic rings. The van der Waals surface area contributed by atoms with Crippen molar-refractivity contribution in [2.45, 2.75) is 0 Å². The first-order chi connectivity index (χ1) is 11.2. The lowest BCUT2D eigenvalue weighted by Crippen LogP contribution is -2.01. The number of imidazole rings is 1. The van der Waals surface area contributed by atoms with Crippen LogP contribution in [0.2, 0.25) is 5.28 Å². The van der Waals surface area contributed by atoms with Crippen molar-refractivity contribution in [2.24, 2.45) is 0 Å². The molecule has 1 aromatic carbocycles. The molecule has 4 aromatic rings. The zero-order valence-electron chi connectivity index (χ0n) is 11.7. The van der Waals surface area contributed by atoms with Crippen molar-refractivity contribution in [3.8, 4) is 5.69 Å². The largest absolute Gasteiger partial charge is 0.322 e. The van der Waals surface area contributed by atoms with Crippen molar-refractivity contribution in [2.75, 3.05) is 5.32 Å². The summed E-state index contributed by atoms with van der Waals surface area (Å²) in [5.41, 5.74) is 1.59. The van der Waals surface area contributed by atoms with Crippen LogP contribution in [0.1, 0.15) is 0 Å². The lowest BCUT2D eigenvalue weighted by Gasteiger charge is -2.05. The average Bonchev–Trinajstić information content (AvgIpc) is 3.17. The Morgan fingerprint density at radius 1 is 1.13 bits per heavy atom. The fourth-order valence-electron chi connectivity index (χ4n) is 2.26. The zero-order valence-corrected chi connectivity index (χ0v) is 12.4. The van der Waals surface area contributed by atoms with Gasteiger partial charge in [0.1, 0.15) is 23.5 Å². The maximum absolute atomic E-state index is 13.0. The highest BCUT2D eigenvalue weighted by atomic mass is 35.5. The van der Waals surface area contributed by atoms with Gasteiger partial charge in [-0.05, 0) is 48.0 Å². The molecule has 0 radical (unpaired) electrons. The second-order valence-electron chi connectivity index (χ2n) is 4.84. The van der Waals surface area contributed by atoms with E-state index in [0.29, 0.717) is 11.6 Å². The molecular weight excluding hydrogens is 319 g/mol. The lowest BCUT2D eigenvalue weighted by molar-refractivity contribution is 0.627. The van der Waals surface area contributed by atoms with E-state index in [-0.39, 0.29) is 11.1 Å². The van der Waals surface area contributed by atoms with Crippen LogP contribution >= 0.6 is 11.6 Å². The van der Waals surface area contributed by atoms with Crippen LogP contribution in [0.4, 0.5) is 16.0 Å². The van der Waals surface area contributed by atoms with E-state index >= 15 is 0 Å². The van der Waals surface area contributed by atoms with Crippen LogP contribution in [0, 0.1) is 5.82 Å². The molecule has 0 bridgehead atoms. The van der Waals surface area contributed by atoms with E-state index < -0.39 is 0 Å². The van der Waals surface area contributed by atoms with Crippen LogP contribution in [0.25, 0.3) is 11.2 Å². The summed E-state index contributed by atoms with van der Waals surface area (Å²) in [5, 5.41) is 7.32. The Morgan fingerprint density at radius 2 is 1.96 bits per heavy atom. The minimum absolute atomic E-state index is 0.133. The second kappa shape index (κ2) is 5.36. The Hall–Kier alpha value is -2.93. The quantitative estimate of drug-likeness (QED) is 0.625. The second-order valence-corrected chi connectivity index (χ2v) is 5.17. The Kier molecular flexibility index (Phi) is 3.20. The molecule has 0 saturated heterocycles. The highest BCUT2D eigenvalue weighted by Crippen LogP contribution is 2.21. The molecule has 0 atom stereocenters. The van der Waals surface area contributed by atoms with E-state index in [2.05, 4.69) is 20.4 Å². The number of anilines is 2. The van der Waals surface area contributed by atoms with Gasteiger partial charge in [0.2, 0.25) is 5.28 Å². The number of nitrogens with zero attached hydrogens (tertiary/aromatic N) is 5. The molecule has 0 fully saturated rings. The van der Waals surface area contributed by atoms with Crippen molar-refractivity contribution >= 4 is 28.8 Å². The summed E-state index contributed by atoms with van der Waals surface area (Å²) in [6.45, 7) is 0. The Labute approximate surface area is 135 Å². The topological polar surface area (TPSA) is 60.0 Å². The molecule has 3 aromatic heterocycles. The number of hydrogen-bond acceptors (Lipinski definition) is 4. The number of halogens is 2. The number of benzene rings is 1. The third-order valence-electron chi connectivity index (χ3n) is 3.32. The number of fused-ring (bicyclic) bond motifs is 1. The molecule has 8 heteroatoms. The van der Waals surface area contributed by atoms with Crippen molar-refractivity contribution in [1.82, 2.24) is 24.1 Å². The fraction of sp³-hybridized carbons (Fsp3) is 0. The summed E-state index contributed by atoms with van der Waals surface area (Å²) in [7, 11) is 0. The third kappa shape index (κ3) is 2.62. The molecular formula is C15H10ClFN6. The van der Waals surface area contributed by atoms with Crippen LogP contribution in [-0.2, 0) is 0 Å². The van der Waals surface area contributed by atoms with Crippen LogP contribution in [0.3, 0.4) is 0 Å². The molecule has 6 nitrogen and oxygen atoms in total. The van der Waals surface area contributed by atoms with Gasteiger partial charge < -0.3 is 9.88 Å². The Morgan fingerprint density at radius 3 is 2.78 bits per heavy atom. The maximum Gasteiger partial charge on any atom is 0.243 e. The van der Waals surface area contributed by atoms with Crippen molar-refractivity contribution < 1.29 is 4.39 Å². The number of rotatable bonds is 3. The molecule has 0 aliphatic carbocycles. The van der Waals surface area contributed by atoms with Gasteiger partial charge >= 0.3 is 0 Å². The summed E-state index contributed by atoms with van der Waals surface area (Å²) < 4.78 is 16.4. The van der Waals surface area contributed by atoms with Crippen molar-refractivity contribution in [3.63, 3.8) is 0 Å². The van der Waals surface area contributed by atoms with Gasteiger partial charge in [-0.3, -0.25) is 0 Å². The van der Waals surface area contributed by atoms with Gasteiger partial charge in [0.05, 0.1) is 6.20 Å². The fourth-order valence-corrected chi connectivity index (χ4v) is 2.43. The Balaban J connectivity index is 1.67. The van der Waals surface area contributed by atoms with E-state index in [4.69, 9.17) is 11.6 Å². The van der Waals surface area contributed by atoms with Gasteiger partial charge in [-0.1, -0.05) is 0 Å². The summed E-state index contributed by atoms with van der Waals surface area (Å²) in [6, 6.07) is 9.87. The van der Waals surface area contributed by atoms with Crippen LogP contribution in [0.15, 0.2) is 55.1 Å². The molecule has 0 saturated carbocycles. The molecule has 0 unspecified atom stereocenters. The summed E-state index contributed by atoms with van der Waals surface area (Å²) in [6.07, 6.45) is 5.20. The molecule has 114 valence electrons. The molecule has 4 rings (SSSR count). The minimum atomic E-state index is -0.279. The number of nitrogens with one attached hydrogen (secondary N) is 1. The van der Waals surface area contributed by atoms with Gasteiger partial charge in [-0.15, -0.1) is 5.10 Å². The predicted octanol–water partition coefficient (Wildman–Crippen LogP) is 3.45. The standard InChI is InChI=1S/C15H10ClFN6/c16-15-20-14(12-2-1-7-23(12)21-15)19-13-8-22(9-18-13)11-5-3-10(17)4-6-11/h1-9H,(H,19,20,21). The summed E-state index contributed by atoms with van der Waals surface area (Å²) in [5.74, 6) is 0.866. The first-order valence-electron chi connectivity index (χ1n) is 6.77. The molecule has 0 aliphatic heterocycles. The number of hydrogen-bond donors (Lipinski definition) is 1. The van der Waals surface area contributed by atoms with Crippen LogP contribution in [-0.4, -0.2) is 24.1 Å². The smallest absolute Gasteiger partial charge is 0.243 e. The van der Waals surface area contributed by atoms with E-state index in [1.807, 2.05) is 12.1 Å². The molecule has 0 spiro atoms. The van der Waals surface area contributed by atoms with Gasteiger partial charge in [0.15, 0.2) is 5.82 Å². The predicted molar refractivity (Wildman–Crippen MR) is 84.8 cm³/mol. The first-order valence-corrected chi connectivity index (χ1v) is 7.15. The van der Waals surface area contributed by atoms with E-state index in [1.54, 1.807) is 39.9 Å². The maximum atomic E-state index is 13.0. The number of aromatic nitrogens is 5. The van der Waals surface area contributed by atoms with E-state index in [9.17, 15) is 4.39 Å². The van der Waals surface area contributed by atoms with Crippen LogP contribution in [0.5, 0.6) is 0 Å². The third-order valence-corrected chi connectivity index (χ3v) is 3.48. The van der Waals surface area contributed by atoms with Crippen LogP contribution < -0.4 is 5.32 Å². The zero-order chi connectivity index (χ0) is 15.8. The van der Waals surface area contributed by atoms with Gasteiger partial charge in [0.25, 0.3) is 0 Å². The normalized spacial score (nSPS) is 11.0. The summed E-state index contributed by atoms with van der Waals surface area (Å²) >= 11 is 5.92. The lowest BCUT2D eigenvalue weighted by atomic mass is 10.3. The molecule has 3 heterocycles. The van der Waals surface area contributed by atoms with Gasteiger partial charge in [-0.25, -0.2) is 13.9 Å². The average molecular weight is 329 g/mol. The molecule has 1 N–H and O–H groups in total. The van der Waals surface area contributed by atoms with Gasteiger partial charge in [-0.2, -0.15) is 4.98 Å². The minimum Gasteiger partial charge on any atom is -0.322 e. The van der Waals surface area contributed by atoms with Crippen molar-refractivity contribution in [3.05, 3.63) is 66.2 Å². The highest BCUT2D eigenvalue weighted by Gasteiger charge is 2.08. The first kappa shape index (κ1) is 13.7. The molecule has 23 heavy (non-hydrogen) atoms. The summed E-state index contributed by atoms with van der Waals surface area (Å²) in [4.78, 5) is 8.46. The van der Waals surface area contributed by atoms with E-state index in [0.717, 1.165) is 11.2 Å². The van der Waals surface area contributed by atoms with Gasteiger partial charge in [0, 0.05) is 11.9 Å². The molecule has 0 amide bonds. The van der Waals surface area contributed by atoms with E-state index in [1.165, 1.54) is 12.1 Å².